The van der Waals surface area contributed by atoms with Gasteiger partial charge in [0, 0.05) is 18.2 Å². The molecule has 0 bridgehead atoms. The van der Waals surface area contributed by atoms with Crippen molar-refractivity contribution in [2.45, 2.75) is 65.5 Å². The van der Waals surface area contributed by atoms with Crippen molar-refractivity contribution in [3.8, 4) is 0 Å². The quantitative estimate of drug-likeness (QED) is 0.215. The number of hydrogen-bond acceptors (Lipinski definition) is 2. The number of halogens is 1. The molecule has 1 aromatic rings. The molecule has 1 amide bonds. The van der Waals surface area contributed by atoms with Crippen molar-refractivity contribution in [3.05, 3.63) is 35.4 Å². The fourth-order valence-electron chi connectivity index (χ4n) is 2.22. The molecule has 25 heavy (non-hydrogen) atoms. The van der Waals surface area contributed by atoms with Crippen molar-refractivity contribution in [2.75, 3.05) is 6.54 Å². The van der Waals surface area contributed by atoms with Crippen molar-refractivity contribution in [2.24, 2.45) is 10.7 Å². The van der Waals surface area contributed by atoms with Gasteiger partial charge in [0.25, 0.3) is 5.91 Å². The summed E-state index contributed by atoms with van der Waals surface area (Å²) in [7, 11) is 0. The third-order valence-electron chi connectivity index (χ3n) is 3.95. The summed E-state index contributed by atoms with van der Waals surface area (Å²) >= 11 is 0. The number of carbonyl (C=O) groups is 1. The molecule has 0 aromatic heterocycles. The Bertz CT molecular complexity index is 534. The second kappa shape index (κ2) is 13.9. The standard InChI is InChI=1S/C19H32N4O.HI/c1-4-6-7-8-12-21-19(20)22-14-16-10-9-11-17(13-16)18(24)23-15(3)5-2;/h9-11,13,15H,4-8,12,14H2,1-3H3,(H,23,24)(H3,20,21,22);1H. The lowest BCUT2D eigenvalue weighted by Gasteiger charge is -2.11. The molecule has 6 heteroatoms. The van der Waals surface area contributed by atoms with Crippen LogP contribution in [0.25, 0.3) is 0 Å². The van der Waals surface area contributed by atoms with E-state index >= 15 is 0 Å². The maximum Gasteiger partial charge on any atom is 0.251 e. The number of unbranched alkanes of at least 4 members (excludes halogenated alkanes) is 3. The third kappa shape index (κ3) is 10.3. The maximum absolute atomic E-state index is 12.1. The van der Waals surface area contributed by atoms with Gasteiger partial charge in [-0.05, 0) is 37.5 Å². The summed E-state index contributed by atoms with van der Waals surface area (Å²) in [4.78, 5) is 16.5. The van der Waals surface area contributed by atoms with Gasteiger partial charge in [0.15, 0.2) is 5.96 Å². The van der Waals surface area contributed by atoms with Crippen molar-refractivity contribution >= 4 is 35.8 Å². The smallest absolute Gasteiger partial charge is 0.251 e. The molecule has 0 aliphatic rings. The first kappa shape index (κ1) is 23.7. The Kier molecular flexibility index (Phi) is 13.2. The fraction of sp³-hybridized carbons (Fsp3) is 0.579. The number of carbonyl (C=O) groups excluding carboxylic acids is 1. The average Bonchev–Trinajstić information content (AvgIpc) is 2.59. The summed E-state index contributed by atoms with van der Waals surface area (Å²) in [5.41, 5.74) is 7.51. The van der Waals surface area contributed by atoms with Crippen molar-refractivity contribution in [1.29, 1.82) is 0 Å². The first-order valence-electron chi connectivity index (χ1n) is 9.00. The van der Waals surface area contributed by atoms with E-state index in [0.29, 0.717) is 18.1 Å². The Labute approximate surface area is 169 Å². The van der Waals surface area contributed by atoms with E-state index < -0.39 is 0 Å². The van der Waals surface area contributed by atoms with Crippen LogP contribution in [0, 0.1) is 0 Å². The minimum atomic E-state index is -0.0443. The summed E-state index contributed by atoms with van der Waals surface area (Å²) in [5, 5.41) is 6.10. The van der Waals surface area contributed by atoms with E-state index in [4.69, 9.17) is 5.73 Å². The molecule has 0 radical (unpaired) electrons. The van der Waals surface area contributed by atoms with Gasteiger partial charge in [-0.2, -0.15) is 0 Å². The Morgan fingerprint density at radius 2 is 2.00 bits per heavy atom. The van der Waals surface area contributed by atoms with Gasteiger partial charge in [-0.25, -0.2) is 4.99 Å². The maximum atomic E-state index is 12.1. The predicted molar refractivity (Wildman–Crippen MR) is 117 cm³/mol. The number of guanidine groups is 1. The fourth-order valence-corrected chi connectivity index (χ4v) is 2.22. The van der Waals surface area contributed by atoms with Crippen LogP contribution in [0.2, 0.25) is 0 Å². The number of nitrogens with zero attached hydrogens (tertiary/aromatic N) is 1. The van der Waals surface area contributed by atoms with Crippen LogP contribution in [0.1, 0.15) is 68.8 Å². The summed E-state index contributed by atoms with van der Waals surface area (Å²) in [6.07, 6.45) is 5.71. The lowest BCUT2D eigenvalue weighted by molar-refractivity contribution is 0.0939. The van der Waals surface area contributed by atoms with Gasteiger partial charge in [-0.1, -0.05) is 45.2 Å². The summed E-state index contributed by atoms with van der Waals surface area (Å²) in [5.74, 6) is 0.415. The molecule has 0 aliphatic heterocycles. The van der Waals surface area contributed by atoms with Gasteiger partial charge in [-0.3, -0.25) is 4.79 Å². The molecule has 0 fully saturated rings. The highest BCUT2D eigenvalue weighted by atomic mass is 127. The molecule has 0 heterocycles. The molecule has 0 spiro atoms. The molecular formula is C19H33IN4O. The largest absolute Gasteiger partial charge is 0.370 e. The van der Waals surface area contributed by atoms with E-state index in [1.54, 1.807) is 0 Å². The van der Waals surface area contributed by atoms with Crippen LogP contribution in [0.5, 0.6) is 0 Å². The van der Waals surface area contributed by atoms with Crippen LogP contribution in [0.3, 0.4) is 0 Å². The second-order valence-electron chi connectivity index (χ2n) is 6.17. The number of nitrogens with one attached hydrogen (secondary N) is 2. The van der Waals surface area contributed by atoms with Crippen LogP contribution in [0.15, 0.2) is 29.3 Å². The molecule has 0 aliphatic carbocycles. The topological polar surface area (TPSA) is 79.5 Å². The number of rotatable bonds is 10. The van der Waals surface area contributed by atoms with E-state index in [1.165, 1.54) is 19.3 Å². The van der Waals surface area contributed by atoms with Crippen molar-refractivity contribution < 1.29 is 4.79 Å². The first-order chi connectivity index (χ1) is 11.6. The molecule has 142 valence electrons. The number of amides is 1. The molecule has 0 saturated heterocycles. The van der Waals surface area contributed by atoms with Crippen LogP contribution in [0.4, 0.5) is 0 Å². The predicted octanol–water partition coefficient (Wildman–Crippen LogP) is 3.82. The monoisotopic (exact) mass is 460 g/mol. The van der Waals surface area contributed by atoms with Crippen LogP contribution in [-0.2, 0) is 6.54 Å². The molecule has 1 unspecified atom stereocenters. The highest BCUT2D eigenvalue weighted by Gasteiger charge is 2.08. The molecular weight excluding hydrogens is 427 g/mol. The Morgan fingerprint density at radius 1 is 1.24 bits per heavy atom. The van der Waals surface area contributed by atoms with Gasteiger partial charge >= 0.3 is 0 Å². The average molecular weight is 460 g/mol. The second-order valence-corrected chi connectivity index (χ2v) is 6.17. The van der Waals surface area contributed by atoms with Gasteiger partial charge < -0.3 is 16.4 Å². The molecule has 5 nitrogen and oxygen atoms in total. The minimum Gasteiger partial charge on any atom is -0.370 e. The van der Waals surface area contributed by atoms with Crippen LogP contribution < -0.4 is 16.4 Å². The van der Waals surface area contributed by atoms with Crippen molar-refractivity contribution in [3.63, 3.8) is 0 Å². The Morgan fingerprint density at radius 3 is 2.68 bits per heavy atom. The summed E-state index contributed by atoms with van der Waals surface area (Å²) in [6, 6.07) is 7.70. The Balaban J connectivity index is 0.00000576. The zero-order valence-corrected chi connectivity index (χ0v) is 18.0. The Hall–Kier alpha value is -1.31. The lowest BCUT2D eigenvalue weighted by Crippen LogP contribution is -2.32. The van der Waals surface area contributed by atoms with Gasteiger partial charge in [-0.15, -0.1) is 24.0 Å². The highest BCUT2D eigenvalue weighted by molar-refractivity contribution is 14.0. The zero-order valence-electron chi connectivity index (χ0n) is 15.7. The van der Waals surface area contributed by atoms with Gasteiger partial charge in [0.1, 0.15) is 0 Å². The van der Waals surface area contributed by atoms with E-state index in [2.05, 4.69) is 22.5 Å². The number of aliphatic imine (C=N–C) groups is 1. The zero-order chi connectivity index (χ0) is 17.8. The SMILES string of the molecule is CCCCCCNC(N)=NCc1cccc(C(=O)NC(C)CC)c1.I. The van der Waals surface area contributed by atoms with E-state index in [9.17, 15) is 4.79 Å². The lowest BCUT2D eigenvalue weighted by atomic mass is 10.1. The third-order valence-corrected chi connectivity index (χ3v) is 3.95. The normalized spacial score (nSPS) is 12.2. The van der Waals surface area contributed by atoms with Gasteiger partial charge in [0.2, 0.25) is 0 Å². The molecule has 4 N–H and O–H groups in total. The van der Waals surface area contributed by atoms with E-state index in [1.807, 2.05) is 38.1 Å². The first-order valence-corrected chi connectivity index (χ1v) is 9.00. The molecule has 0 saturated carbocycles. The number of nitrogens with two attached hydrogens (primary N) is 1. The molecule has 1 atom stereocenters. The number of benzene rings is 1. The number of hydrogen-bond donors (Lipinski definition) is 3. The highest BCUT2D eigenvalue weighted by Crippen LogP contribution is 2.07. The summed E-state index contributed by atoms with van der Waals surface area (Å²) in [6.45, 7) is 7.57. The van der Waals surface area contributed by atoms with Crippen LogP contribution >= 0.6 is 24.0 Å². The summed E-state index contributed by atoms with van der Waals surface area (Å²) < 4.78 is 0. The molecule has 1 rings (SSSR count). The van der Waals surface area contributed by atoms with E-state index in [0.717, 1.165) is 24.9 Å². The minimum absolute atomic E-state index is 0. The van der Waals surface area contributed by atoms with Gasteiger partial charge in [0.05, 0.1) is 6.54 Å². The van der Waals surface area contributed by atoms with Crippen LogP contribution in [-0.4, -0.2) is 24.5 Å². The van der Waals surface area contributed by atoms with E-state index in [-0.39, 0.29) is 35.9 Å². The van der Waals surface area contributed by atoms with Crippen molar-refractivity contribution in [1.82, 2.24) is 10.6 Å². The molecule has 1 aromatic carbocycles.